The maximum Gasteiger partial charge on any atom is 0.369 e. The van der Waals surface area contributed by atoms with Crippen LogP contribution < -0.4 is 0 Å². The molecule has 2 aromatic heterocycles. The Kier molecular flexibility index (Phi) is 4.76. The molecule has 0 bridgehead atoms. The maximum atomic E-state index is 11.6. The third kappa shape index (κ3) is 3.54. The minimum atomic E-state index is -0.442. The van der Waals surface area contributed by atoms with Crippen LogP contribution in [-0.4, -0.2) is 37.5 Å². The van der Waals surface area contributed by atoms with E-state index in [2.05, 4.69) is 20.3 Å². The van der Waals surface area contributed by atoms with E-state index in [-0.39, 0.29) is 5.01 Å². The number of carbonyl (C=O) groups excluding carboxylic acids is 1. The van der Waals surface area contributed by atoms with Crippen molar-refractivity contribution in [3.05, 3.63) is 52.0 Å². The molecule has 3 rings (SSSR count). The summed E-state index contributed by atoms with van der Waals surface area (Å²) in [5.74, 6) is -0.442. The average molecular weight is 341 g/mol. The minimum absolute atomic E-state index is 0.259. The van der Waals surface area contributed by atoms with E-state index < -0.39 is 5.97 Å². The number of rotatable bonds is 5. The Morgan fingerprint density at radius 1 is 1.33 bits per heavy atom. The molecule has 0 N–H and O–H groups in total. The summed E-state index contributed by atoms with van der Waals surface area (Å²) in [5.41, 5.74) is 3.07. The number of aromatic nitrogens is 5. The minimum Gasteiger partial charge on any atom is -0.461 e. The van der Waals surface area contributed by atoms with Crippen molar-refractivity contribution in [2.75, 3.05) is 6.61 Å². The van der Waals surface area contributed by atoms with E-state index in [0.29, 0.717) is 11.6 Å². The van der Waals surface area contributed by atoms with E-state index in [4.69, 9.17) is 4.74 Å². The standard InChI is InChI=1S/C16H15N5O2S/c1-3-23-16(22)15-20-19-14(24-15)7-5-12-4-6-13(11(2)8-12)21-10-17-9-18-21/h4-10H,3H2,1-2H3. The first-order valence-electron chi connectivity index (χ1n) is 7.31. The molecule has 2 heterocycles. The summed E-state index contributed by atoms with van der Waals surface area (Å²) in [6.07, 6.45) is 6.91. The third-order valence-corrected chi connectivity index (χ3v) is 4.06. The number of hydrogen-bond donors (Lipinski definition) is 0. The lowest BCUT2D eigenvalue weighted by atomic mass is 10.1. The highest BCUT2D eigenvalue weighted by Gasteiger charge is 2.12. The SMILES string of the molecule is CCOC(=O)c1nnc(C=Cc2ccc(-n3cncn3)c(C)c2)s1. The van der Waals surface area contributed by atoms with Crippen LogP contribution in [-0.2, 0) is 4.74 Å². The average Bonchev–Trinajstić information content (AvgIpc) is 3.25. The smallest absolute Gasteiger partial charge is 0.369 e. The number of aryl methyl sites for hydroxylation is 1. The molecule has 0 atom stereocenters. The van der Waals surface area contributed by atoms with Crippen LogP contribution >= 0.6 is 11.3 Å². The number of carbonyl (C=O) groups is 1. The Bertz CT molecular complexity index is 870. The van der Waals surface area contributed by atoms with Crippen LogP contribution in [0.4, 0.5) is 0 Å². The van der Waals surface area contributed by atoms with Gasteiger partial charge < -0.3 is 4.74 Å². The van der Waals surface area contributed by atoms with Gasteiger partial charge in [-0.2, -0.15) is 5.10 Å². The number of nitrogens with zero attached hydrogens (tertiary/aromatic N) is 5. The van der Waals surface area contributed by atoms with Gasteiger partial charge in [-0.25, -0.2) is 14.5 Å². The van der Waals surface area contributed by atoms with Gasteiger partial charge in [0.2, 0.25) is 5.01 Å². The fraction of sp³-hybridized carbons (Fsp3) is 0.188. The van der Waals surface area contributed by atoms with Gasteiger partial charge in [0.1, 0.15) is 17.7 Å². The lowest BCUT2D eigenvalue weighted by molar-refractivity contribution is 0.0525. The van der Waals surface area contributed by atoms with Gasteiger partial charge in [-0.1, -0.05) is 23.5 Å². The molecule has 0 saturated heterocycles. The van der Waals surface area contributed by atoms with Crippen LogP contribution in [0, 0.1) is 6.92 Å². The summed E-state index contributed by atoms with van der Waals surface area (Å²) < 4.78 is 6.62. The van der Waals surface area contributed by atoms with Gasteiger partial charge in [0.25, 0.3) is 0 Å². The van der Waals surface area contributed by atoms with Crippen molar-refractivity contribution in [2.24, 2.45) is 0 Å². The van der Waals surface area contributed by atoms with E-state index in [1.54, 1.807) is 17.9 Å². The topological polar surface area (TPSA) is 82.8 Å². The van der Waals surface area contributed by atoms with E-state index >= 15 is 0 Å². The van der Waals surface area contributed by atoms with Gasteiger partial charge >= 0.3 is 5.97 Å². The van der Waals surface area contributed by atoms with Crippen LogP contribution in [0.1, 0.15) is 32.9 Å². The highest BCUT2D eigenvalue weighted by Crippen LogP contribution is 2.18. The predicted octanol–water partition coefficient (Wildman–Crippen LogP) is 2.77. The summed E-state index contributed by atoms with van der Waals surface area (Å²) in [5, 5.41) is 12.9. The monoisotopic (exact) mass is 341 g/mol. The van der Waals surface area contributed by atoms with Crippen molar-refractivity contribution < 1.29 is 9.53 Å². The summed E-state index contributed by atoms with van der Waals surface area (Å²) in [6, 6.07) is 6.00. The number of benzene rings is 1. The number of hydrogen-bond acceptors (Lipinski definition) is 7. The largest absolute Gasteiger partial charge is 0.461 e. The highest BCUT2D eigenvalue weighted by atomic mass is 32.1. The van der Waals surface area contributed by atoms with Gasteiger partial charge in [-0.05, 0) is 43.2 Å². The third-order valence-electron chi connectivity index (χ3n) is 3.20. The number of esters is 1. The van der Waals surface area contributed by atoms with E-state index in [1.807, 2.05) is 37.3 Å². The van der Waals surface area contributed by atoms with Crippen molar-refractivity contribution in [3.63, 3.8) is 0 Å². The second-order valence-corrected chi connectivity index (χ2v) is 5.89. The lowest BCUT2D eigenvalue weighted by Gasteiger charge is -2.05. The predicted molar refractivity (Wildman–Crippen MR) is 90.9 cm³/mol. The zero-order chi connectivity index (χ0) is 16.9. The van der Waals surface area contributed by atoms with Crippen LogP contribution in [0.15, 0.2) is 30.9 Å². The molecule has 8 heteroatoms. The first kappa shape index (κ1) is 16.0. The molecule has 7 nitrogen and oxygen atoms in total. The van der Waals surface area contributed by atoms with Crippen LogP contribution in [0.3, 0.4) is 0 Å². The fourth-order valence-electron chi connectivity index (χ4n) is 2.12. The molecule has 122 valence electrons. The second kappa shape index (κ2) is 7.14. The normalized spacial score (nSPS) is 11.1. The van der Waals surface area contributed by atoms with Crippen LogP contribution in [0.2, 0.25) is 0 Å². The Morgan fingerprint density at radius 3 is 2.92 bits per heavy atom. The molecular weight excluding hydrogens is 326 g/mol. The Labute approximate surface area is 142 Å². The summed E-state index contributed by atoms with van der Waals surface area (Å²) in [7, 11) is 0. The van der Waals surface area contributed by atoms with Crippen molar-refractivity contribution in [2.45, 2.75) is 13.8 Å². The van der Waals surface area contributed by atoms with Crippen molar-refractivity contribution in [3.8, 4) is 5.69 Å². The molecule has 24 heavy (non-hydrogen) atoms. The molecule has 3 aromatic rings. The first-order chi connectivity index (χ1) is 11.7. The van der Waals surface area contributed by atoms with Gasteiger partial charge in [0.15, 0.2) is 0 Å². The Hall–Kier alpha value is -2.87. The molecule has 0 aliphatic heterocycles. The fourth-order valence-corrected chi connectivity index (χ4v) is 2.76. The number of ether oxygens (including phenoxy) is 1. The molecule has 0 unspecified atom stereocenters. The van der Waals surface area contributed by atoms with Gasteiger partial charge in [-0.3, -0.25) is 0 Å². The molecule has 0 fully saturated rings. The zero-order valence-electron chi connectivity index (χ0n) is 13.2. The van der Waals surface area contributed by atoms with Crippen LogP contribution in [0.5, 0.6) is 0 Å². The van der Waals surface area contributed by atoms with E-state index in [9.17, 15) is 4.79 Å². The van der Waals surface area contributed by atoms with Crippen molar-refractivity contribution in [1.29, 1.82) is 0 Å². The highest BCUT2D eigenvalue weighted by molar-refractivity contribution is 7.14. The van der Waals surface area contributed by atoms with Crippen LogP contribution in [0.25, 0.3) is 17.8 Å². The zero-order valence-corrected chi connectivity index (χ0v) is 14.0. The molecular formula is C16H15N5O2S. The van der Waals surface area contributed by atoms with Gasteiger partial charge in [0, 0.05) is 0 Å². The molecule has 0 amide bonds. The molecule has 0 aliphatic rings. The van der Waals surface area contributed by atoms with E-state index in [0.717, 1.165) is 16.8 Å². The summed E-state index contributed by atoms with van der Waals surface area (Å²) in [4.78, 5) is 15.5. The second-order valence-electron chi connectivity index (χ2n) is 4.89. The molecule has 0 saturated carbocycles. The van der Waals surface area contributed by atoms with Crippen molar-refractivity contribution >= 4 is 29.5 Å². The molecule has 0 radical (unpaired) electrons. The summed E-state index contributed by atoms with van der Waals surface area (Å²) in [6.45, 7) is 4.09. The quantitative estimate of drug-likeness (QED) is 0.664. The van der Waals surface area contributed by atoms with E-state index in [1.165, 1.54) is 17.7 Å². The lowest BCUT2D eigenvalue weighted by Crippen LogP contribution is -2.03. The van der Waals surface area contributed by atoms with Gasteiger partial charge in [-0.15, -0.1) is 10.2 Å². The molecule has 1 aromatic carbocycles. The van der Waals surface area contributed by atoms with Gasteiger partial charge in [0.05, 0.1) is 12.3 Å². The van der Waals surface area contributed by atoms with Crippen molar-refractivity contribution in [1.82, 2.24) is 25.0 Å². The Morgan fingerprint density at radius 2 is 2.21 bits per heavy atom. The maximum absolute atomic E-state index is 11.6. The Balaban J connectivity index is 1.75. The summed E-state index contributed by atoms with van der Waals surface area (Å²) >= 11 is 1.20. The first-order valence-corrected chi connectivity index (χ1v) is 8.13. The molecule has 0 aliphatic carbocycles. The molecule has 0 spiro atoms.